The minimum atomic E-state index is 0.617. The van der Waals surface area contributed by atoms with Gasteiger partial charge in [0.25, 0.3) is 0 Å². The van der Waals surface area contributed by atoms with Gasteiger partial charge in [0.05, 0.1) is 23.8 Å². The van der Waals surface area contributed by atoms with Crippen molar-refractivity contribution >= 4 is 34.9 Å². The molecule has 0 amide bonds. The number of benzene rings is 2. The van der Waals surface area contributed by atoms with Crippen molar-refractivity contribution in [2.75, 3.05) is 7.11 Å². The molecule has 0 aliphatic heterocycles. The first-order chi connectivity index (χ1) is 9.60. The van der Waals surface area contributed by atoms with Crippen LogP contribution in [0.2, 0.25) is 5.02 Å². The molecule has 3 aromatic rings. The molecule has 0 saturated heterocycles. The highest BCUT2D eigenvalue weighted by atomic mass is 35.5. The van der Waals surface area contributed by atoms with Crippen LogP contribution in [0.5, 0.6) is 5.75 Å². The number of aryl methyl sites for hydroxylation is 1. The third-order valence-corrected chi connectivity index (χ3v) is 3.74. The van der Waals surface area contributed by atoms with Gasteiger partial charge in [-0.1, -0.05) is 17.7 Å². The molecule has 0 aliphatic carbocycles. The highest BCUT2D eigenvalue weighted by Gasteiger charge is 2.11. The van der Waals surface area contributed by atoms with Gasteiger partial charge >= 0.3 is 0 Å². The van der Waals surface area contributed by atoms with Gasteiger partial charge in [-0.25, -0.2) is 0 Å². The van der Waals surface area contributed by atoms with Crippen LogP contribution in [0, 0.1) is 11.7 Å². The standard InChI is InChI=1S/C15H13ClN2OS/c1-9-3-6-14(19-2)13(7-9)18-12-8-10(16)4-5-11(12)17-15(18)20/h3-8H,1-2H3,(H,17,20). The van der Waals surface area contributed by atoms with Gasteiger partial charge in [0.2, 0.25) is 0 Å². The van der Waals surface area contributed by atoms with E-state index in [-0.39, 0.29) is 0 Å². The number of H-pyrrole nitrogens is 1. The van der Waals surface area contributed by atoms with Crippen LogP contribution in [0.1, 0.15) is 5.56 Å². The number of nitrogens with one attached hydrogen (secondary N) is 1. The Morgan fingerprint density at radius 2 is 2.00 bits per heavy atom. The molecule has 0 fully saturated rings. The summed E-state index contributed by atoms with van der Waals surface area (Å²) in [5, 5.41) is 0.673. The van der Waals surface area contributed by atoms with Crippen LogP contribution in [0.25, 0.3) is 16.7 Å². The second kappa shape index (κ2) is 4.96. The second-order valence-electron chi connectivity index (χ2n) is 4.60. The van der Waals surface area contributed by atoms with Gasteiger partial charge in [0.15, 0.2) is 4.77 Å². The molecule has 0 atom stereocenters. The van der Waals surface area contributed by atoms with Crippen molar-refractivity contribution in [2.45, 2.75) is 6.92 Å². The zero-order chi connectivity index (χ0) is 14.3. The largest absolute Gasteiger partial charge is 0.495 e. The fraction of sp³-hybridized carbons (Fsp3) is 0.133. The molecular weight excluding hydrogens is 292 g/mol. The summed E-state index contributed by atoms with van der Waals surface area (Å²) >= 11 is 11.5. The molecule has 0 aliphatic rings. The molecule has 1 aromatic heterocycles. The van der Waals surface area contributed by atoms with E-state index in [2.05, 4.69) is 4.98 Å². The van der Waals surface area contributed by atoms with Gasteiger partial charge < -0.3 is 9.72 Å². The number of methoxy groups -OCH3 is 1. The van der Waals surface area contributed by atoms with Crippen LogP contribution in [0.15, 0.2) is 36.4 Å². The van der Waals surface area contributed by atoms with E-state index in [0.29, 0.717) is 9.79 Å². The van der Waals surface area contributed by atoms with E-state index in [9.17, 15) is 0 Å². The van der Waals surface area contributed by atoms with E-state index in [1.807, 2.05) is 47.9 Å². The lowest BCUT2D eigenvalue weighted by Gasteiger charge is -2.11. The summed E-state index contributed by atoms with van der Waals surface area (Å²) in [7, 11) is 1.65. The first kappa shape index (κ1) is 13.2. The summed E-state index contributed by atoms with van der Waals surface area (Å²) in [4.78, 5) is 3.19. The quantitative estimate of drug-likeness (QED) is 0.698. The third kappa shape index (κ3) is 2.11. The topological polar surface area (TPSA) is 29.9 Å². The molecule has 3 nitrogen and oxygen atoms in total. The summed E-state index contributed by atoms with van der Waals surface area (Å²) in [5.41, 5.74) is 3.93. The number of hydrogen-bond acceptors (Lipinski definition) is 2. The molecule has 102 valence electrons. The molecule has 0 bridgehead atoms. The Morgan fingerprint density at radius 3 is 2.75 bits per heavy atom. The van der Waals surface area contributed by atoms with E-state index >= 15 is 0 Å². The Bertz CT molecular complexity index is 851. The number of rotatable bonds is 2. The van der Waals surface area contributed by atoms with Crippen LogP contribution in [-0.2, 0) is 0 Å². The first-order valence-electron chi connectivity index (χ1n) is 6.15. The molecule has 3 rings (SSSR count). The molecule has 0 saturated carbocycles. The highest BCUT2D eigenvalue weighted by Crippen LogP contribution is 2.29. The number of aromatic amines is 1. The van der Waals surface area contributed by atoms with Gasteiger partial charge in [-0.2, -0.15) is 0 Å². The van der Waals surface area contributed by atoms with Crippen LogP contribution in [0.4, 0.5) is 0 Å². The Kier molecular flexibility index (Phi) is 3.28. The molecule has 5 heteroatoms. The number of hydrogen-bond donors (Lipinski definition) is 1. The SMILES string of the molecule is COc1ccc(C)cc1-n1c(=S)[nH]c2ccc(Cl)cc21. The average Bonchev–Trinajstić information content (AvgIpc) is 2.74. The van der Waals surface area contributed by atoms with E-state index in [0.717, 1.165) is 28.0 Å². The van der Waals surface area contributed by atoms with E-state index in [1.54, 1.807) is 7.11 Å². The predicted molar refractivity (Wildman–Crippen MR) is 84.8 cm³/mol. The molecule has 2 aromatic carbocycles. The number of fused-ring (bicyclic) bond motifs is 1. The fourth-order valence-electron chi connectivity index (χ4n) is 2.29. The second-order valence-corrected chi connectivity index (χ2v) is 5.43. The van der Waals surface area contributed by atoms with Gasteiger partial charge in [0, 0.05) is 5.02 Å². The van der Waals surface area contributed by atoms with E-state index < -0.39 is 0 Å². The molecule has 20 heavy (non-hydrogen) atoms. The van der Waals surface area contributed by atoms with Gasteiger partial charge in [-0.05, 0) is 55.0 Å². The maximum absolute atomic E-state index is 6.10. The number of halogens is 1. The molecule has 0 unspecified atom stereocenters. The van der Waals surface area contributed by atoms with Crippen LogP contribution in [-0.4, -0.2) is 16.7 Å². The zero-order valence-electron chi connectivity index (χ0n) is 11.1. The van der Waals surface area contributed by atoms with E-state index in [1.165, 1.54) is 0 Å². The molecule has 0 spiro atoms. The van der Waals surface area contributed by atoms with Crippen molar-refractivity contribution < 1.29 is 4.74 Å². The van der Waals surface area contributed by atoms with Crippen molar-refractivity contribution in [3.8, 4) is 11.4 Å². The number of imidazole rings is 1. The summed E-state index contributed by atoms with van der Waals surface area (Å²) in [6.45, 7) is 2.04. The summed E-state index contributed by atoms with van der Waals surface area (Å²) in [6, 6.07) is 11.6. The van der Waals surface area contributed by atoms with Crippen molar-refractivity contribution in [2.24, 2.45) is 0 Å². The van der Waals surface area contributed by atoms with Crippen LogP contribution < -0.4 is 4.74 Å². The smallest absolute Gasteiger partial charge is 0.182 e. The number of ether oxygens (including phenoxy) is 1. The maximum Gasteiger partial charge on any atom is 0.182 e. The monoisotopic (exact) mass is 304 g/mol. The third-order valence-electron chi connectivity index (χ3n) is 3.22. The lowest BCUT2D eigenvalue weighted by molar-refractivity contribution is 0.413. The van der Waals surface area contributed by atoms with Gasteiger partial charge in [-0.3, -0.25) is 4.57 Å². The van der Waals surface area contributed by atoms with Crippen LogP contribution in [0.3, 0.4) is 0 Å². The Balaban J connectivity index is 2.40. The minimum absolute atomic E-state index is 0.617. The lowest BCUT2D eigenvalue weighted by atomic mass is 10.2. The van der Waals surface area contributed by atoms with Crippen LogP contribution >= 0.6 is 23.8 Å². The van der Waals surface area contributed by atoms with Crippen molar-refractivity contribution in [1.82, 2.24) is 9.55 Å². The van der Waals surface area contributed by atoms with Crippen molar-refractivity contribution in [3.05, 3.63) is 51.8 Å². The van der Waals surface area contributed by atoms with E-state index in [4.69, 9.17) is 28.6 Å². The molecule has 1 heterocycles. The number of aromatic nitrogens is 2. The maximum atomic E-state index is 6.10. The Hall–Kier alpha value is -1.78. The first-order valence-corrected chi connectivity index (χ1v) is 6.94. The molecule has 0 radical (unpaired) electrons. The zero-order valence-corrected chi connectivity index (χ0v) is 12.7. The Morgan fingerprint density at radius 1 is 1.20 bits per heavy atom. The minimum Gasteiger partial charge on any atom is -0.495 e. The van der Waals surface area contributed by atoms with Gasteiger partial charge in [0.1, 0.15) is 5.75 Å². The van der Waals surface area contributed by atoms with Crippen molar-refractivity contribution in [1.29, 1.82) is 0 Å². The predicted octanol–water partition coefficient (Wildman–Crippen LogP) is 4.66. The highest BCUT2D eigenvalue weighted by molar-refractivity contribution is 7.71. The summed E-state index contributed by atoms with van der Waals surface area (Å²) in [5.74, 6) is 0.771. The molecular formula is C15H13ClN2OS. The van der Waals surface area contributed by atoms with Gasteiger partial charge in [-0.15, -0.1) is 0 Å². The summed E-state index contributed by atoms with van der Waals surface area (Å²) < 4.78 is 8.01. The van der Waals surface area contributed by atoms with Crippen molar-refractivity contribution in [3.63, 3.8) is 0 Å². The normalized spacial score (nSPS) is 10.9. The number of nitrogens with zero attached hydrogens (tertiary/aromatic N) is 1. The summed E-state index contributed by atoms with van der Waals surface area (Å²) in [6.07, 6.45) is 0. The lowest BCUT2D eigenvalue weighted by Crippen LogP contribution is -1.98. The fourth-order valence-corrected chi connectivity index (χ4v) is 2.76. The Labute approximate surface area is 126 Å². The average molecular weight is 305 g/mol. The molecule has 1 N–H and O–H groups in total.